The van der Waals surface area contributed by atoms with Crippen molar-refractivity contribution in [2.75, 3.05) is 5.32 Å². The van der Waals surface area contributed by atoms with E-state index in [9.17, 15) is 9.18 Å². The van der Waals surface area contributed by atoms with Gasteiger partial charge in [-0.05, 0) is 24.6 Å². The van der Waals surface area contributed by atoms with Crippen molar-refractivity contribution in [2.24, 2.45) is 0 Å². The van der Waals surface area contributed by atoms with E-state index < -0.39 is 11.8 Å². The molecule has 2 heterocycles. The van der Waals surface area contributed by atoms with E-state index >= 15 is 0 Å². The normalized spacial score (nSPS) is 10.1. The summed E-state index contributed by atoms with van der Waals surface area (Å²) in [4.78, 5) is 18.7. The molecule has 0 saturated heterocycles. The van der Waals surface area contributed by atoms with Crippen molar-refractivity contribution in [1.29, 1.82) is 0 Å². The first-order valence-electron chi connectivity index (χ1n) is 5.14. The van der Waals surface area contributed by atoms with Crippen LogP contribution in [0.2, 0.25) is 0 Å². The molecule has 18 heavy (non-hydrogen) atoms. The number of nitrogens with one attached hydrogen (secondary N) is 1. The number of aryl methyl sites for hydroxylation is 1. The molecule has 0 bridgehead atoms. The van der Waals surface area contributed by atoms with Gasteiger partial charge in [-0.2, -0.15) is 0 Å². The lowest BCUT2D eigenvalue weighted by Gasteiger charge is -2.08. The molecule has 0 amide bonds. The van der Waals surface area contributed by atoms with Gasteiger partial charge < -0.3 is 10.4 Å². The van der Waals surface area contributed by atoms with Crippen LogP contribution in [-0.4, -0.2) is 21.0 Å². The van der Waals surface area contributed by atoms with Crippen LogP contribution in [0.3, 0.4) is 0 Å². The SMILES string of the molecule is Cc1cncc(Nc2ncc(F)cc2C(=O)O)c1. The van der Waals surface area contributed by atoms with Crippen molar-refractivity contribution in [3.8, 4) is 0 Å². The van der Waals surface area contributed by atoms with Crippen molar-refractivity contribution >= 4 is 17.5 Å². The van der Waals surface area contributed by atoms with Crippen LogP contribution in [0, 0.1) is 12.7 Å². The van der Waals surface area contributed by atoms with Crippen molar-refractivity contribution in [3.63, 3.8) is 0 Å². The Morgan fingerprint density at radius 1 is 1.33 bits per heavy atom. The lowest BCUT2D eigenvalue weighted by molar-refractivity contribution is 0.0697. The average Bonchev–Trinajstić information content (AvgIpc) is 2.31. The second-order valence-electron chi connectivity index (χ2n) is 3.73. The quantitative estimate of drug-likeness (QED) is 0.870. The maximum atomic E-state index is 12.9. The van der Waals surface area contributed by atoms with Gasteiger partial charge in [0.05, 0.1) is 18.1 Å². The van der Waals surface area contributed by atoms with Crippen LogP contribution in [-0.2, 0) is 0 Å². The van der Waals surface area contributed by atoms with E-state index in [-0.39, 0.29) is 11.4 Å². The summed E-state index contributed by atoms with van der Waals surface area (Å²) in [6.07, 6.45) is 4.16. The number of aromatic nitrogens is 2. The predicted octanol–water partition coefficient (Wildman–Crippen LogP) is 2.37. The Morgan fingerprint density at radius 3 is 2.78 bits per heavy atom. The number of aromatic carboxylic acids is 1. The number of carboxylic acids is 1. The van der Waals surface area contributed by atoms with E-state index in [4.69, 9.17) is 5.11 Å². The van der Waals surface area contributed by atoms with Crippen LogP contribution < -0.4 is 5.32 Å². The lowest BCUT2D eigenvalue weighted by atomic mass is 10.2. The summed E-state index contributed by atoms with van der Waals surface area (Å²) in [5.74, 6) is -1.86. The van der Waals surface area contributed by atoms with Gasteiger partial charge in [0.25, 0.3) is 0 Å². The number of nitrogens with zero attached hydrogens (tertiary/aromatic N) is 2. The molecule has 92 valence electrons. The van der Waals surface area contributed by atoms with Crippen molar-refractivity contribution in [3.05, 3.63) is 47.7 Å². The first kappa shape index (κ1) is 12.0. The third-order valence-corrected chi connectivity index (χ3v) is 2.22. The van der Waals surface area contributed by atoms with Crippen LogP contribution in [0.5, 0.6) is 0 Å². The number of hydrogen-bond acceptors (Lipinski definition) is 4. The summed E-state index contributed by atoms with van der Waals surface area (Å²) in [6, 6.07) is 2.70. The maximum absolute atomic E-state index is 12.9. The number of pyridine rings is 2. The molecular formula is C12H10FN3O2. The molecule has 0 atom stereocenters. The molecule has 0 radical (unpaired) electrons. The molecule has 0 aliphatic heterocycles. The molecule has 5 nitrogen and oxygen atoms in total. The van der Waals surface area contributed by atoms with Gasteiger partial charge in [-0.3, -0.25) is 4.98 Å². The minimum absolute atomic E-state index is 0.0799. The Kier molecular flexibility index (Phi) is 3.18. The van der Waals surface area contributed by atoms with Crippen molar-refractivity contribution < 1.29 is 14.3 Å². The van der Waals surface area contributed by atoms with Crippen LogP contribution in [0.4, 0.5) is 15.9 Å². The van der Waals surface area contributed by atoms with E-state index in [1.165, 1.54) is 6.20 Å². The predicted molar refractivity (Wildman–Crippen MR) is 63.4 cm³/mol. The average molecular weight is 247 g/mol. The first-order valence-corrected chi connectivity index (χ1v) is 5.14. The Morgan fingerprint density at radius 2 is 2.11 bits per heavy atom. The lowest BCUT2D eigenvalue weighted by Crippen LogP contribution is -2.05. The number of anilines is 2. The third-order valence-electron chi connectivity index (χ3n) is 2.22. The summed E-state index contributed by atoms with van der Waals surface area (Å²) < 4.78 is 12.9. The number of halogens is 1. The number of hydrogen-bond donors (Lipinski definition) is 2. The Bertz CT molecular complexity index is 602. The van der Waals surface area contributed by atoms with Gasteiger partial charge in [-0.25, -0.2) is 14.2 Å². The number of carboxylic acid groups (broad SMARTS) is 1. The Hall–Kier alpha value is -2.50. The van der Waals surface area contributed by atoms with E-state index in [1.807, 2.05) is 6.92 Å². The second kappa shape index (κ2) is 4.79. The molecule has 0 saturated carbocycles. The molecule has 6 heteroatoms. The van der Waals surface area contributed by atoms with Gasteiger partial charge in [0, 0.05) is 6.20 Å². The number of rotatable bonds is 3. The zero-order chi connectivity index (χ0) is 13.1. The summed E-state index contributed by atoms with van der Waals surface area (Å²) in [7, 11) is 0. The maximum Gasteiger partial charge on any atom is 0.339 e. The molecule has 2 rings (SSSR count). The van der Waals surface area contributed by atoms with E-state index in [0.29, 0.717) is 5.69 Å². The molecular weight excluding hydrogens is 237 g/mol. The highest BCUT2D eigenvalue weighted by molar-refractivity contribution is 5.93. The van der Waals surface area contributed by atoms with Crippen LogP contribution >= 0.6 is 0 Å². The van der Waals surface area contributed by atoms with Gasteiger partial charge in [-0.15, -0.1) is 0 Å². The Labute approximate surface area is 102 Å². The third kappa shape index (κ3) is 2.60. The van der Waals surface area contributed by atoms with Crippen LogP contribution in [0.1, 0.15) is 15.9 Å². The zero-order valence-corrected chi connectivity index (χ0v) is 9.51. The van der Waals surface area contributed by atoms with Gasteiger partial charge in [0.2, 0.25) is 0 Å². The second-order valence-corrected chi connectivity index (χ2v) is 3.73. The van der Waals surface area contributed by atoms with Crippen LogP contribution in [0.15, 0.2) is 30.7 Å². The summed E-state index contributed by atoms with van der Waals surface area (Å²) in [5, 5.41) is 11.8. The van der Waals surface area contributed by atoms with Crippen molar-refractivity contribution in [1.82, 2.24) is 9.97 Å². The minimum Gasteiger partial charge on any atom is -0.478 e. The summed E-state index contributed by atoms with van der Waals surface area (Å²) in [6.45, 7) is 1.86. The van der Waals surface area contributed by atoms with E-state index in [2.05, 4.69) is 15.3 Å². The smallest absolute Gasteiger partial charge is 0.339 e. The topological polar surface area (TPSA) is 75.1 Å². The molecule has 0 spiro atoms. The van der Waals surface area contributed by atoms with Gasteiger partial charge >= 0.3 is 5.97 Å². The van der Waals surface area contributed by atoms with Crippen molar-refractivity contribution in [2.45, 2.75) is 6.92 Å². The monoisotopic (exact) mass is 247 g/mol. The fraction of sp³-hybridized carbons (Fsp3) is 0.0833. The molecule has 0 aliphatic rings. The molecule has 2 N–H and O–H groups in total. The molecule has 0 aliphatic carbocycles. The standard InChI is InChI=1S/C12H10FN3O2/c1-7-2-9(6-14-4-7)16-11-10(12(17)18)3-8(13)5-15-11/h2-6H,1H3,(H,15,16)(H,17,18). The highest BCUT2D eigenvalue weighted by Crippen LogP contribution is 2.19. The Balaban J connectivity index is 2.37. The van der Waals surface area contributed by atoms with Crippen LogP contribution in [0.25, 0.3) is 0 Å². The highest BCUT2D eigenvalue weighted by Gasteiger charge is 2.13. The molecule has 2 aromatic rings. The zero-order valence-electron chi connectivity index (χ0n) is 9.51. The summed E-state index contributed by atoms with van der Waals surface area (Å²) >= 11 is 0. The van der Waals surface area contributed by atoms with Gasteiger partial charge in [-0.1, -0.05) is 0 Å². The fourth-order valence-corrected chi connectivity index (χ4v) is 1.46. The molecule has 2 aromatic heterocycles. The fourth-order valence-electron chi connectivity index (χ4n) is 1.46. The first-order chi connectivity index (χ1) is 8.56. The van der Waals surface area contributed by atoms with E-state index in [1.54, 1.807) is 12.3 Å². The summed E-state index contributed by atoms with van der Waals surface area (Å²) in [5.41, 5.74) is 1.28. The molecule has 0 aromatic carbocycles. The molecule has 0 fully saturated rings. The largest absolute Gasteiger partial charge is 0.478 e. The van der Waals surface area contributed by atoms with Gasteiger partial charge in [0.15, 0.2) is 0 Å². The van der Waals surface area contributed by atoms with E-state index in [0.717, 1.165) is 17.8 Å². The highest BCUT2D eigenvalue weighted by atomic mass is 19.1. The number of carbonyl (C=O) groups is 1. The van der Waals surface area contributed by atoms with Gasteiger partial charge in [0.1, 0.15) is 17.2 Å². The molecule has 0 unspecified atom stereocenters. The minimum atomic E-state index is -1.25.